The zero-order valence-corrected chi connectivity index (χ0v) is 13.3. The zero-order chi connectivity index (χ0) is 16.4. The van der Waals surface area contributed by atoms with Crippen molar-refractivity contribution in [3.63, 3.8) is 0 Å². The lowest BCUT2D eigenvalue weighted by Gasteiger charge is -2.27. The summed E-state index contributed by atoms with van der Waals surface area (Å²) in [6, 6.07) is 4.72. The van der Waals surface area contributed by atoms with Crippen LogP contribution in [-0.4, -0.2) is 37.0 Å². The molecule has 0 amide bonds. The molecule has 2 bridgehead atoms. The van der Waals surface area contributed by atoms with Gasteiger partial charge in [0.1, 0.15) is 5.82 Å². The SMILES string of the molecule is COC(=O)CCc1ccc(F)cc1C[C@H]1C2CC[C@@H](O2)[C@H]1CO. The Morgan fingerprint density at radius 3 is 2.74 bits per heavy atom. The number of hydrogen-bond donors (Lipinski definition) is 1. The van der Waals surface area contributed by atoms with Gasteiger partial charge in [0.2, 0.25) is 0 Å². The molecule has 2 saturated heterocycles. The van der Waals surface area contributed by atoms with Crippen LogP contribution in [0.25, 0.3) is 0 Å². The number of benzene rings is 1. The van der Waals surface area contributed by atoms with Crippen LogP contribution >= 0.6 is 0 Å². The lowest BCUT2D eigenvalue weighted by Crippen LogP contribution is -2.31. The predicted molar refractivity (Wildman–Crippen MR) is 82.4 cm³/mol. The molecule has 0 aromatic heterocycles. The van der Waals surface area contributed by atoms with Gasteiger partial charge in [-0.05, 0) is 54.9 Å². The van der Waals surface area contributed by atoms with E-state index in [1.807, 2.05) is 0 Å². The van der Waals surface area contributed by atoms with Crippen molar-refractivity contribution in [2.75, 3.05) is 13.7 Å². The van der Waals surface area contributed by atoms with Gasteiger partial charge in [0.15, 0.2) is 0 Å². The summed E-state index contributed by atoms with van der Waals surface area (Å²) >= 11 is 0. The number of ether oxygens (including phenoxy) is 2. The van der Waals surface area contributed by atoms with Crippen molar-refractivity contribution in [2.24, 2.45) is 11.8 Å². The highest BCUT2D eigenvalue weighted by atomic mass is 19.1. The Bertz CT molecular complexity index is 574. The molecule has 4 nitrogen and oxygen atoms in total. The number of methoxy groups -OCH3 is 1. The average Bonchev–Trinajstić information content (AvgIpc) is 3.15. The first kappa shape index (κ1) is 16.4. The second-order valence-electron chi connectivity index (χ2n) is 6.49. The molecular formula is C18H23FO4. The minimum absolute atomic E-state index is 0.110. The van der Waals surface area contributed by atoms with Crippen LogP contribution in [0.5, 0.6) is 0 Å². The number of aliphatic hydroxyl groups is 1. The maximum absolute atomic E-state index is 13.7. The number of esters is 1. The van der Waals surface area contributed by atoms with Gasteiger partial charge in [0.25, 0.3) is 0 Å². The monoisotopic (exact) mass is 322 g/mol. The third kappa shape index (κ3) is 3.40. The summed E-state index contributed by atoms with van der Waals surface area (Å²) in [5, 5.41) is 9.65. The molecule has 2 heterocycles. The fraction of sp³-hybridized carbons (Fsp3) is 0.611. The molecule has 1 unspecified atom stereocenters. The lowest BCUT2D eigenvalue weighted by atomic mass is 9.76. The highest BCUT2D eigenvalue weighted by Crippen LogP contribution is 2.44. The molecule has 0 aliphatic carbocycles. The molecular weight excluding hydrogens is 299 g/mol. The van der Waals surface area contributed by atoms with Crippen molar-refractivity contribution >= 4 is 5.97 Å². The van der Waals surface area contributed by atoms with Gasteiger partial charge in [-0.1, -0.05) is 6.07 Å². The van der Waals surface area contributed by atoms with Gasteiger partial charge in [0.05, 0.1) is 19.3 Å². The summed E-state index contributed by atoms with van der Waals surface area (Å²) < 4.78 is 24.3. The van der Waals surface area contributed by atoms with Crippen molar-refractivity contribution in [2.45, 2.75) is 44.3 Å². The van der Waals surface area contributed by atoms with E-state index < -0.39 is 0 Å². The first-order valence-electron chi connectivity index (χ1n) is 8.22. The van der Waals surface area contributed by atoms with Crippen molar-refractivity contribution in [3.8, 4) is 0 Å². The number of halogens is 1. The van der Waals surface area contributed by atoms with Crippen LogP contribution in [0, 0.1) is 17.7 Å². The number of carbonyl (C=O) groups excluding carboxylic acids is 1. The van der Waals surface area contributed by atoms with Crippen LogP contribution in [0.3, 0.4) is 0 Å². The average molecular weight is 322 g/mol. The van der Waals surface area contributed by atoms with E-state index in [1.165, 1.54) is 13.2 Å². The third-order valence-corrected chi connectivity index (χ3v) is 5.25. The molecule has 126 valence electrons. The van der Waals surface area contributed by atoms with Crippen LogP contribution in [0.1, 0.15) is 30.4 Å². The van der Waals surface area contributed by atoms with Gasteiger partial charge in [-0.15, -0.1) is 0 Å². The van der Waals surface area contributed by atoms with Crippen LogP contribution < -0.4 is 0 Å². The molecule has 0 spiro atoms. The molecule has 23 heavy (non-hydrogen) atoms. The smallest absolute Gasteiger partial charge is 0.305 e. The first-order chi connectivity index (χ1) is 11.1. The molecule has 2 aliphatic rings. The molecule has 5 heteroatoms. The number of hydrogen-bond acceptors (Lipinski definition) is 4. The maximum atomic E-state index is 13.7. The van der Waals surface area contributed by atoms with E-state index in [2.05, 4.69) is 4.74 Å². The second-order valence-corrected chi connectivity index (χ2v) is 6.49. The molecule has 1 N–H and O–H groups in total. The van der Waals surface area contributed by atoms with Gasteiger partial charge in [-0.2, -0.15) is 0 Å². The molecule has 4 atom stereocenters. The van der Waals surface area contributed by atoms with Crippen LogP contribution in [0.4, 0.5) is 4.39 Å². The highest BCUT2D eigenvalue weighted by Gasteiger charge is 2.48. The van der Waals surface area contributed by atoms with Crippen molar-refractivity contribution in [3.05, 3.63) is 35.1 Å². The number of aryl methyl sites for hydroxylation is 1. The first-order valence-corrected chi connectivity index (χ1v) is 8.22. The van der Waals surface area contributed by atoms with E-state index in [1.54, 1.807) is 12.1 Å². The van der Waals surface area contributed by atoms with Gasteiger partial charge in [0, 0.05) is 18.9 Å². The van der Waals surface area contributed by atoms with E-state index in [0.717, 1.165) is 24.0 Å². The van der Waals surface area contributed by atoms with E-state index >= 15 is 0 Å². The van der Waals surface area contributed by atoms with Gasteiger partial charge in [-0.25, -0.2) is 4.39 Å². The molecule has 2 aliphatic heterocycles. The third-order valence-electron chi connectivity index (χ3n) is 5.25. The summed E-state index contributed by atoms with van der Waals surface area (Å²) in [5.41, 5.74) is 1.88. The standard InChI is InChI=1S/C18H23FO4/c1-22-18(21)7-3-11-2-4-13(19)8-12(11)9-14-15(10-20)17-6-5-16(14)23-17/h2,4,8,14-17,20H,3,5-7,9-10H2,1H3/t14-,15+,16?,17-/m1/s1. The van der Waals surface area contributed by atoms with E-state index in [9.17, 15) is 14.3 Å². The van der Waals surface area contributed by atoms with Crippen molar-refractivity contribution in [1.29, 1.82) is 0 Å². The van der Waals surface area contributed by atoms with Crippen LogP contribution in [-0.2, 0) is 27.1 Å². The molecule has 2 fully saturated rings. The number of fused-ring (bicyclic) bond motifs is 2. The topological polar surface area (TPSA) is 55.8 Å². The molecule has 1 aromatic rings. The quantitative estimate of drug-likeness (QED) is 0.816. The Balaban J connectivity index is 1.76. The van der Waals surface area contributed by atoms with Gasteiger partial charge >= 0.3 is 5.97 Å². The summed E-state index contributed by atoms with van der Waals surface area (Å²) in [6.07, 6.45) is 3.82. The van der Waals surface area contributed by atoms with Crippen LogP contribution in [0.15, 0.2) is 18.2 Å². The Morgan fingerprint density at radius 1 is 1.30 bits per heavy atom. The van der Waals surface area contributed by atoms with Gasteiger partial charge < -0.3 is 14.6 Å². The fourth-order valence-corrected chi connectivity index (χ4v) is 4.03. The fourth-order valence-electron chi connectivity index (χ4n) is 4.03. The summed E-state index contributed by atoms with van der Waals surface area (Å²) in [7, 11) is 1.37. The van der Waals surface area contributed by atoms with Gasteiger partial charge in [-0.3, -0.25) is 4.79 Å². The minimum atomic E-state index is -0.272. The number of aliphatic hydroxyl groups excluding tert-OH is 1. The number of carbonyl (C=O) groups is 1. The van der Waals surface area contributed by atoms with Crippen molar-refractivity contribution in [1.82, 2.24) is 0 Å². The Hall–Kier alpha value is -1.46. The second kappa shape index (κ2) is 6.97. The molecule has 1 aromatic carbocycles. The minimum Gasteiger partial charge on any atom is -0.469 e. The van der Waals surface area contributed by atoms with E-state index in [0.29, 0.717) is 12.8 Å². The number of rotatable bonds is 6. The normalized spacial score (nSPS) is 29.0. The molecule has 0 radical (unpaired) electrons. The lowest BCUT2D eigenvalue weighted by molar-refractivity contribution is -0.140. The summed E-state index contributed by atoms with van der Waals surface area (Å²) in [4.78, 5) is 11.4. The summed E-state index contributed by atoms with van der Waals surface area (Å²) in [5.74, 6) is -0.189. The van der Waals surface area contributed by atoms with Crippen LogP contribution in [0.2, 0.25) is 0 Å². The summed E-state index contributed by atoms with van der Waals surface area (Å²) in [6.45, 7) is 0.110. The highest BCUT2D eigenvalue weighted by molar-refractivity contribution is 5.69. The molecule has 3 rings (SSSR count). The van der Waals surface area contributed by atoms with E-state index in [4.69, 9.17) is 4.74 Å². The largest absolute Gasteiger partial charge is 0.469 e. The maximum Gasteiger partial charge on any atom is 0.305 e. The predicted octanol–water partition coefficient (Wildman–Crippen LogP) is 2.26. The Kier molecular flexibility index (Phi) is 4.97. The van der Waals surface area contributed by atoms with E-state index in [-0.39, 0.29) is 48.9 Å². The Morgan fingerprint density at radius 2 is 2.04 bits per heavy atom. The Labute approximate surface area is 135 Å². The van der Waals surface area contributed by atoms with Crippen molar-refractivity contribution < 1.29 is 23.8 Å². The zero-order valence-electron chi connectivity index (χ0n) is 13.3. The molecule has 0 saturated carbocycles.